The summed E-state index contributed by atoms with van der Waals surface area (Å²) in [6.45, 7) is 0.367. The van der Waals surface area contributed by atoms with Gasteiger partial charge in [-0.15, -0.1) is 0 Å². The summed E-state index contributed by atoms with van der Waals surface area (Å²) in [4.78, 5) is 15.1. The number of rotatable bonds is 3. The molecule has 1 amide bonds. The van der Waals surface area contributed by atoms with Gasteiger partial charge in [-0.05, 0) is 12.1 Å². The maximum Gasteiger partial charge on any atom is 0.269 e. The smallest absolute Gasteiger partial charge is 0.269 e. The molecule has 1 aromatic rings. The molecule has 0 bridgehead atoms. The van der Waals surface area contributed by atoms with E-state index in [0.717, 1.165) is 0 Å². The molecule has 0 radical (unpaired) electrons. The van der Waals surface area contributed by atoms with Crippen LogP contribution in [-0.2, 0) is 0 Å². The first-order valence-electron chi connectivity index (χ1n) is 3.91. The molecule has 1 aromatic heterocycles. The Kier molecular flexibility index (Phi) is 3.45. The standard InChI is InChI=1S/C9H9N3O/c10-5-3-7-12-9(13)8-4-1-2-6-11-8/h1-2,4,6H,3,7H2,(H,12,13). The van der Waals surface area contributed by atoms with Gasteiger partial charge in [0.25, 0.3) is 5.91 Å². The van der Waals surface area contributed by atoms with Crippen molar-refractivity contribution in [1.82, 2.24) is 10.3 Å². The van der Waals surface area contributed by atoms with Crippen LogP contribution in [0.5, 0.6) is 0 Å². The number of nitrogens with one attached hydrogen (secondary N) is 1. The molecule has 0 atom stereocenters. The summed E-state index contributed by atoms with van der Waals surface area (Å²) in [5.74, 6) is -0.240. The van der Waals surface area contributed by atoms with E-state index in [2.05, 4.69) is 10.3 Å². The first-order valence-corrected chi connectivity index (χ1v) is 3.91. The minimum absolute atomic E-state index is 0.240. The number of carbonyl (C=O) groups excluding carboxylic acids is 1. The second kappa shape index (κ2) is 4.88. The monoisotopic (exact) mass is 175 g/mol. The molecule has 0 aromatic carbocycles. The van der Waals surface area contributed by atoms with Gasteiger partial charge in [0.2, 0.25) is 0 Å². The first kappa shape index (κ1) is 9.20. The van der Waals surface area contributed by atoms with Crippen LogP contribution in [0, 0.1) is 11.3 Å². The van der Waals surface area contributed by atoms with Crippen LogP contribution in [0.4, 0.5) is 0 Å². The number of amides is 1. The summed E-state index contributed by atoms with van der Waals surface area (Å²) in [6, 6.07) is 7.05. The quantitative estimate of drug-likeness (QED) is 0.688. The number of hydrogen-bond acceptors (Lipinski definition) is 3. The Morgan fingerprint density at radius 2 is 2.46 bits per heavy atom. The molecule has 0 saturated heterocycles. The van der Waals surface area contributed by atoms with Crippen molar-refractivity contribution >= 4 is 5.91 Å². The highest BCUT2D eigenvalue weighted by atomic mass is 16.1. The SMILES string of the molecule is N#CCCNC(=O)c1ccccn1. The van der Waals surface area contributed by atoms with Gasteiger partial charge in [-0.3, -0.25) is 9.78 Å². The predicted molar refractivity (Wildman–Crippen MR) is 46.8 cm³/mol. The Balaban J connectivity index is 2.46. The Morgan fingerprint density at radius 3 is 3.08 bits per heavy atom. The van der Waals surface area contributed by atoms with E-state index in [0.29, 0.717) is 18.7 Å². The molecule has 1 rings (SSSR count). The van der Waals surface area contributed by atoms with Crippen LogP contribution < -0.4 is 5.32 Å². The van der Waals surface area contributed by atoms with Crippen LogP contribution in [0.3, 0.4) is 0 Å². The summed E-state index contributed by atoms with van der Waals surface area (Å²) in [5, 5.41) is 10.8. The number of carbonyl (C=O) groups is 1. The normalized spacial score (nSPS) is 8.85. The molecule has 0 aliphatic rings. The Bertz CT molecular complexity index is 315. The zero-order valence-electron chi connectivity index (χ0n) is 7.03. The fraction of sp³-hybridized carbons (Fsp3) is 0.222. The van der Waals surface area contributed by atoms with Gasteiger partial charge >= 0.3 is 0 Å². The van der Waals surface area contributed by atoms with Crippen molar-refractivity contribution in [1.29, 1.82) is 5.26 Å². The van der Waals surface area contributed by atoms with E-state index < -0.39 is 0 Å². The second-order valence-corrected chi connectivity index (χ2v) is 2.38. The van der Waals surface area contributed by atoms with Gasteiger partial charge in [-0.25, -0.2) is 0 Å². The van der Waals surface area contributed by atoms with Gasteiger partial charge in [0, 0.05) is 12.7 Å². The van der Waals surface area contributed by atoms with Crippen molar-refractivity contribution in [2.24, 2.45) is 0 Å². The van der Waals surface area contributed by atoms with Crippen molar-refractivity contribution in [3.8, 4) is 6.07 Å². The van der Waals surface area contributed by atoms with Crippen LogP contribution in [0.25, 0.3) is 0 Å². The molecule has 66 valence electrons. The first-order chi connectivity index (χ1) is 6.34. The lowest BCUT2D eigenvalue weighted by atomic mass is 10.3. The van der Waals surface area contributed by atoms with Gasteiger partial charge in [0.15, 0.2) is 0 Å². The molecule has 0 unspecified atom stereocenters. The maximum absolute atomic E-state index is 11.2. The summed E-state index contributed by atoms with van der Waals surface area (Å²) in [7, 11) is 0. The van der Waals surface area contributed by atoms with Crippen LogP contribution >= 0.6 is 0 Å². The number of nitriles is 1. The fourth-order valence-electron chi connectivity index (χ4n) is 0.820. The molecule has 0 aliphatic carbocycles. The summed E-state index contributed by atoms with van der Waals surface area (Å²) < 4.78 is 0. The molecular formula is C9H9N3O. The zero-order valence-corrected chi connectivity index (χ0v) is 7.03. The van der Waals surface area contributed by atoms with Gasteiger partial charge in [-0.2, -0.15) is 5.26 Å². The lowest BCUT2D eigenvalue weighted by molar-refractivity contribution is 0.0949. The zero-order chi connectivity index (χ0) is 9.52. The maximum atomic E-state index is 11.2. The number of aromatic nitrogens is 1. The summed E-state index contributed by atoms with van der Waals surface area (Å²) in [5.41, 5.74) is 0.375. The molecule has 4 nitrogen and oxygen atoms in total. The Labute approximate surface area is 76.2 Å². The van der Waals surface area contributed by atoms with E-state index >= 15 is 0 Å². The van der Waals surface area contributed by atoms with E-state index in [-0.39, 0.29) is 5.91 Å². The lowest BCUT2D eigenvalue weighted by Gasteiger charge is -2.00. The molecule has 1 N–H and O–H groups in total. The molecule has 0 fully saturated rings. The molecule has 13 heavy (non-hydrogen) atoms. The van der Waals surface area contributed by atoms with Crippen molar-refractivity contribution in [2.75, 3.05) is 6.54 Å². The minimum atomic E-state index is -0.240. The average molecular weight is 175 g/mol. The third-order valence-corrected chi connectivity index (χ3v) is 1.42. The van der Waals surface area contributed by atoms with E-state index in [1.165, 1.54) is 0 Å². The highest BCUT2D eigenvalue weighted by molar-refractivity contribution is 5.92. The molecule has 0 saturated carbocycles. The number of hydrogen-bond donors (Lipinski definition) is 1. The van der Waals surface area contributed by atoms with Crippen LogP contribution in [0.1, 0.15) is 16.9 Å². The topological polar surface area (TPSA) is 65.8 Å². The Hall–Kier alpha value is -1.89. The fourth-order valence-corrected chi connectivity index (χ4v) is 0.820. The van der Waals surface area contributed by atoms with Crippen LogP contribution in [0.15, 0.2) is 24.4 Å². The van der Waals surface area contributed by atoms with E-state index in [9.17, 15) is 4.79 Å². The van der Waals surface area contributed by atoms with E-state index in [1.54, 1.807) is 24.4 Å². The third-order valence-electron chi connectivity index (χ3n) is 1.42. The lowest BCUT2D eigenvalue weighted by Crippen LogP contribution is -2.24. The van der Waals surface area contributed by atoms with Crippen molar-refractivity contribution in [2.45, 2.75) is 6.42 Å². The molecule has 0 aliphatic heterocycles. The van der Waals surface area contributed by atoms with Gasteiger partial charge in [0.1, 0.15) is 5.69 Å². The molecule has 4 heteroatoms. The second-order valence-electron chi connectivity index (χ2n) is 2.38. The largest absolute Gasteiger partial charge is 0.350 e. The summed E-state index contributed by atoms with van der Waals surface area (Å²) >= 11 is 0. The number of pyridine rings is 1. The molecular weight excluding hydrogens is 166 g/mol. The Morgan fingerprint density at radius 1 is 1.62 bits per heavy atom. The molecule has 1 heterocycles. The predicted octanol–water partition coefficient (Wildman–Crippen LogP) is 0.725. The van der Waals surface area contributed by atoms with Crippen molar-refractivity contribution in [3.63, 3.8) is 0 Å². The molecule has 0 spiro atoms. The van der Waals surface area contributed by atoms with Gasteiger partial charge in [-0.1, -0.05) is 6.07 Å². The summed E-state index contributed by atoms with van der Waals surface area (Å²) in [6.07, 6.45) is 1.87. The van der Waals surface area contributed by atoms with Crippen molar-refractivity contribution in [3.05, 3.63) is 30.1 Å². The van der Waals surface area contributed by atoms with Crippen LogP contribution in [0.2, 0.25) is 0 Å². The van der Waals surface area contributed by atoms with E-state index in [4.69, 9.17) is 5.26 Å². The van der Waals surface area contributed by atoms with Gasteiger partial charge in [0.05, 0.1) is 12.5 Å². The van der Waals surface area contributed by atoms with E-state index in [1.807, 2.05) is 6.07 Å². The highest BCUT2D eigenvalue weighted by Gasteiger charge is 2.03. The minimum Gasteiger partial charge on any atom is -0.350 e. The van der Waals surface area contributed by atoms with Gasteiger partial charge < -0.3 is 5.32 Å². The third kappa shape index (κ3) is 2.91. The number of nitrogens with zero attached hydrogens (tertiary/aromatic N) is 2. The highest BCUT2D eigenvalue weighted by Crippen LogP contribution is 1.92. The van der Waals surface area contributed by atoms with Crippen LogP contribution in [-0.4, -0.2) is 17.4 Å². The average Bonchev–Trinajstić information content (AvgIpc) is 2.19. The van der Waals surface area contributed by atoms with Crippen molar-refractivity contribution < 1.29 is 4.79 Å².